The number of anilines is 1. The summed E-state index contributed by atoms with van der Waals surface area (Å²) < 4.78 is 0. The van der Waals surface area contributed by atoms with E-state index in [1.165, 1.54) is 6.07 Å². The van der Waals surface area contributed by atoms with Gasteiger partial charge in [-0.1, -0.05) is 6.92 Å². The van der Waals surface area contributed by atoms with Crippen LogP contribution in [0.2, 0.25) is 0 Å². The standard InChI is InChI=1S/C11H14N2O3/c1-7(6-14)11-5-8-4-9(13(15)16)2-3-10(8)12-11/h2-4,7,11-12,14H,5-6H2,1H3. The second kappa shape index (κ2) is 4.09. The number of nitrogens with one attached hydrogen (secondary N) is 1. The second-order valence-electron chi connectivity index (χ2n) is 4.21. The lowest BCUT2D eigenvalue weighted by Gasteiger charge is -2.17. The summed E-state index contributed by atoms with van der Waals surface area (Å²) in [6.45, 7) is 2.08. The number of non-ortho nitro benzene ring substituents is 1. The van der Waals surface area contributed by atoms with Gasteiger partial charge in [-0.25, -0.2) is 0 Å². The summed E-state index contributed by atoms with van der Waals surface area (Å²) in [6.07, 6.45) is 0.735. The van der Waals surface area contributed by atoms with Gasteiger partial charge in [0.2, 0.25) is 0 Å². The number of hydrogen-bond acceptors (Lipinski definition) is 4. The topological polar surface area (TPSA) is 75.4 Å². The van der Waals surface area contributed by atoms with Crippen LogP contribution >= 0.6 is 0 Å². The Labute approximate surface area is 93.2 Å². The molecule has 5 nitrogen and oxygen atoms in total. The summed E-state index contributed by atoms with van der Waals surface area (Å²) >= 11 is 0. The molecule has 2 N–H and O–H groups in total. The fourth-order valence-electron chi connectivity index (χ4n) is 1.96. The zero-order chi connectivity index (χ0) is 11.7. The van der Waals surface area contributed by atoms with Crippen LogP contribution in [0, 0.1) is 16.0 Å². The molecule has 1 aliphatic rings. The van der Waals surface area contributed by atoms with Gasteiger partial charge in [-0.3, -0.25) is 10.1 Å². The normalized spacial score (nSPS) is 20.0. The maximum Gasteiger partial charge on any atom is 0.269 e. The minimum absolute atomic E-state index is 0.119. The SMILES string of the molecule is CC(CO)C1Cc2cc([N+](=O)[O-])ccc2N1. The van der Waals surface area contributed by atoms with Gasteiger partial charge in [-0.2, -0.15) is 0 Å². The molecule has 2 atom stereocenters. The molecule has 1 heterocycles. The van der Waals surface area contributed by atoms with Crippen molar-refractivity contribution in [3.05, 3.63) is 33.9 Å². The molecule has 0 amide bonds. The van der Waals surface area contributed by atoms with E-state index >= 15 is 0 Å². The van der Waals surface area contributed by atoms with Crippen molar-refractivity contribution in [2.75, 3.05) is 11.9 Å². The van der Waals surface area contributed by atoms with Crippen molar-refractivity contribution in [3.63, 3.8) is 0 Å². The lowest BCUT2D eigenvalue weighted by Crippen LogP contribution is -2.26. The Morgan fingerprint density at radius 2 is 2.44 bits per heavy atom. The maximum absolute atomic E-state index is 10.6. The molecule has 0 saturated heterocycles. The van der Waals surface area contributed by atoms with Crippen molar-refractivity contribution >= 4 is 11.4 Å². The molecule has 0 bridgehead atoms. The largest absolute Gasteiger partial charge is 0.396 e. The molecular weight excluding hydrogens is 208 g/mol. The first kappa shape index (κ1) is 10.9. The number of hydrogen-bond donors (Lipinski definition) is 2. The van der Waals surface area contributed by atoms with E-state index in [2.05, 4.69) is 5.32 Å². The predicted octanol–water partition coefficient (Wildman–Crippen LogP) is 1.56. The number of aliphatic hydroxyl groups excluding tert-OH is 1. The molecule has 5 heteroatoms. The Morgan fingerprint density at radius 1 is 1.69 bits per heavy atom. The molecular formula is C11H14N2O3. The van der Waals surface area contributed by atoms with Crippen LogP contribution in [-0.2, 0) is 6.42 Å². The molecule has 0 fully saturated rings. The van der Waals surface area contributed by atoms with Crippen LogP contribution < -0.4 is 5.32 Å². The average molecular weight is 222 g/mol. The highest BCUT2D eigenvalue weighted by molar-refractivity contribution is 5.60. The number of aliphatic hydroxyl groups is 1. The summed E-state index contributed by atoms with van der Waals surface area (Å²) in [5, 5.41) is 23.0. The fraction of sp³-hybridized carbons (Fsp3) is 0.455. The molecule has 0 radical (unpaired) electrons. The van der Waals surface area contributed by atoms with Crippen LogP contribution in [-0.4, -0.2) is 22.7 Å². The smallest absolute Gasteiger partial charge is 0.269 e. The van der Waals surface area contributed by atoms with E-state index in [-0.39, 0.29) is 29.2 Å². The van der Waals surface area contributed by atoms with E-state index in [0.717, 1.165) is 17.7 Å². The highest BCUT2D eigenvalue weighted by Gasteiger charge is 2.26. The van der Waals surface area contributed by atoms with E-state index in [1.807, 2.05) is 6.92 Å². The highest BCUT2D eigenvalue weighted by atomic mass is 16.6. The second-order valence-corrected chi connectivity index (χ2v) is 4.21. The minimum Gasteiger partial charge on any atom is -0.396 e. The monoisotopic (exact) mass is 222 g/mol. The van der Waals surface area contributed by atoms with Gasteiger partial charge in [0.05, 0.1) is 4.92 Å². The van der Waals surface area contributed by atoms with Gasteiger partial charge >= 0.3 is 0 Å². The van der Waals surface area contributed by atoms with Gasteiger partial charge in [0, 0.05) is 30.5 Å². The lowest BCUT2D eigenvalue weighted by molar-refractivity contribution is -0.384. The van der Waals surface area contributed by atoms with Crippen molar-refractivity contribution in [2.24, 2.45) is 5.92 Å². The van der Waals surface area contributed by atoms with Crippen molar-refractivity contribution in [1.29, 1.82) is 0 Å². The lowest BCUT2D eigenvalue weighted by atomic mass is 9.99. The maximum atomic E-state index is 10.6. The fourth-order valence-corrected chi connectivity index (χ4v) is 1.96. The highest BCUT2D eigenvalue weighted by Crippen LogP contribution is 2.31. The Hall–Kier alpha value is -1.62. The number of rotatable bonds is 3. The summed E-state index contributed by atoms with van der Waals surface area (Å²) in [5.74, 6) is 0.145. The van der Waals surface area contributed by atoms with Gasteiger partial charge in [0.15, 0.2) is 0 Å². The zero-order valence-electron chi connectivity index (χ0n) is 9.01. The Bertz CT molecular complexity index is 420. The van der Waals surface area contributed by atoms with Crippen LogP contribution in [0.3, 0.4) is 0 Å². The molecule has 0 aromatic heterocycles. The predicted molar refractivity (Wildman–Crippen MR) is 60.5 cm³/mol. The number of nitro benzene ring substituents is 1. The quantitative estimate of drug-likeness (QED) is 0.601. The first-order chi connectivity index (χ1) is 7.61. The molecule has 16 heavy (non-hydrogen) atoms. The summed E-state index contributed by atoms with van der Waals surface area (Å²) in [7, 11) is 0. The summed E-state index contributed by atoms with van der Waals surface area (Å²) in [4.78, 5) is 10.2. The van der Waals surface area contributed by atoms with Gasteiger partial charge in [0.1, 0.15) is 0 Å². The van der Waals surface area contributed by atoms with Crippen LogP contribution in [0.1, 0.15) is 12.5 Å². The molecule has 1 aromatic rings. The molecule has 86 valence electrons. The van der Waals surface area contributed by atoms with Crippen LogP contribution in [0.4, 0.5) is 11.4 Å². The van der Waals surface area contributed by atoms with Gasteiger partial charge in [-0.15, -0.1) is 0 Å². The van der Waals surface area contributed by atoms with Crippen LogP contribution in [0.15, 0.2) is 18.2 Å². The summed E-state index contributed by atoms with van der Waals surface area (Å²) in [5.41, 5.74) is 2.02. The first-order valence-corrected chi connectivity index (χ1v) is 5.26. The third kappa shape index (κ3) is 1.86. The van der Waals surface area contributed by atoms with E-state index in [4.69, 9.17) is 5.11 Å². The van der Waals surface area contributed by atoms with Crippen molar-refractivity contribution in [2.45, 2.75) is 19.4 Å². The number of benzene rings is 1. The Morgan fingerprint density at radius 3 is 3.06 bits per heavy atom. The van der Waals surface area contributed by atoms with Crippen LogP contribution in [0.5, 0.6) is 0 Å². The molecule has 0 aliphatic carbocycles. The minimum atomic E-state index is -0.386. The van der Waals surface area contributed by atoms with Gasteiger partial charge < -0.3 is 10.4 Å². The van der Waals surface area contributed by atoms with Crippen molar-refractivity contribution in [1.82, 2.24) is 0 Å². The van der Waals surface area contributed by atoms with Crippen LogP contribution in [0.25, 0.3) is 0 Å². The molecule has 0 spiro atoms. The third-order valence-corrected chi connectivity index (χ3v) is 3.06. The molecule has 2 unspecified atom stereocenters. The van der Waals surface area contributed by atoms with E-state index in [9.17, 15) is 10.1 Å². The third-order valence-electron chi connectivity index (χ3n) is 3.06. The first-order valence-electron chi connectivity index (χ1n) is 5.26. The zero-order valence-corrected chi connectivity index (χ0v) is 9.01. The van der Waals surface area contributed by atoms with E-state index < -0.39 is 0 Å². The average Bonchev–Trinajstić information content (AvgIpc) is 2.70. The van der Waals surface area contributed by atoms with E-state index in [0.29, 0.717) is 0 Å². The van der Waals surface area contributed by atoms with Crippen molar-refractivity contribution in [3.8, 4) is 0 Å². The molecule has 0 saturated carbocycles. The van der Waals surface area contributed by atoms with Crippen molar-refractivity contribution < 1.29 is 10.0 Å². The molecule has 2 rings (SSSR count). The molecule has 1 aromatic carbocycles. The molecule has 1 aliphatic heterocycles. The Kier molecular flexibility index (Phi) is 2.78. The van der Waals surface area contributed by atoms with Gasteiger partial charge in [-0.05, 0) is 24.0 Å². The van der Waals surface area contributed by atoms with Gasteiger partial charge in [0.25, 0.3) is 5.69 Å². The number of nitrogens with zero attached hydrogens (tertiary/aromatic N) is 1. The van der Waals surface area contributed by atoms with E-state index in [1.54, 1.807) is 12.1 Å². The number of nitro groups is 1. The Balaban J connectivity index is 2.21. The summed E-state index contributed by atoms with van der Waals surface area (Å²) in [6, 6.07) is 5.00. The number of fused-ring (bicyclic) bond motifs is 1.